The first-order valence-electron chi connectivity index (χ1n) is 9.52. The average Bonchev–Trinajstić information content (AvgIpc) is 3.15. The van der Waals surface area contributed by atoms with Gasteiger partial charge in [0.05, 0.1) is 19.6 Å². The van der Waals surface area contributed by atoms with Gasteiger partial charge in [-0.25, -0.2) is 4.79 Å². The lowest BCUT2D eigenvalue weighted by atomic mass is 10.1. The van der Waals surface area contributed by atoms with Gasteiger partial charge >= 0.3 is 6.03 Å². The van der Waals surface area contributed by atoms with Crippen molar-refractivity contribution in [2.75, 3.05) is 57.2 Å². The second-order valence-electron chi connectivity index (χ2n) is 7.28. The van der Waals surface area contributed by atoms with Crippen LogP contribution < -0.4 is 10.2 Å². The number of fused-ring (bicyclic) bond motifs is 1. The van der Waals surface area contributed by atoms with Gasteiger partial charge in [-0.05, 0) is 24.3 Å². The summed E-state index contributed by atoms with van der Waals surface area (Å²) in [5.74, 6) is -0.612. The van der Waals surface area contributed by atoms with Gasteiger partial charge in [0.1, 0.15) is 12.7 Å². The fourth-order valence-electron chi connectivity index (χ4n) is 3.83. The highest BCUT2D eigenvalue weighted by atomic mass is 16.5. The van der Waals surface area contributed by atoms with Crippen molar-refractivity contribution >= 4 is 35.6 Å². The van der Waals surface area contributed by atoms with Crippen LogP contribution in [0.15, 0.2) is 29.3 Å². The van der Waals surface area contributed by atoms with Crippen LogP contribution in [-0.2, 0) is 14.3 Å². The summed E-state index contributed by atoms with van der Waals surface area (Å²) < 4.78 is 5.36. The number of anilines is 2. The summed E-state index contributed by atoms with van der Waals surface area (Å²) in [6.07, 6.45) is 0.887. The van der Waals surface area contributed by atoms with Crippen LogP contribution in [0.2, 0.25) is 0 Å². The molecule has 3 heterocycles. The minimum Gasteiger partial charge on any atom is -0.378 e. The topological polar surface area (TPSA) is 97.8 Å². The molecular weight excluding hydrogens is 376 g/mol. The number of amides is 4. The molecule has 3 aliphatic heterocycles. The van der Waals surface area contributed by atoms with Gasteiger partial charge in [0.15, 0.2) is 6.04 Å². The Labute approximate surface area is 168 Å². The van der Waals surface area contributed by atoms with Crippen molar-refractivity contribution in [1.29, 1.82) is 0 Å². The molecule has 1 N–H and O–H groups in total. The lowest BCUT2D eigenvalue weighted by Crippen LogP contribution is -2.64. The molecule has 1 aromatic carbocycles. The van der Waals surface area contributed by atoms with E-state index >= 15 is 0 Å². The van der Waals surface area contributed by atoms with E-state index < -0.39 is 18.2 Å². The Bertz CT molecular complexity index is 836. The summed E-state index contributed by atoms with van der Waals surface area (Å²) in [4.78, 5) is 47.5. The summed E-state index contributed by atoms with van der Waals surface area (Å²) in [6, 6.07) is 6.54. The predicted octanol–water partition coefficient (Wildman–Crippen LogP) is 0.0241. The van der Waals surface area contributed by atoms with Gasteiger partial charge in [-0.1, -0.05) is 0 Å². The van der Waals surface area contributed by atoms with E-state index in [1.807, 2.05) is 24.3 Å². The second kappa shape index (κ2) is 7.70. The van der Waals surface area contributed by atoms with Crippen molar-refractivity contribution < 1.29 is 19.1 Å². The van der Waals surface area contributed by atoms with Crippen molar-refractivity contribution in [3.8, 4) is 0 Å². The summed E-state index contributed by atoms with van der Waals surface area (Å²) >= 11 is 0. The molecule has 3 aliphatic rings. The highest BCUT2D eigenvalue weighted by Gasteiger charge is 2.48. The SMILES string of the molecule is CN1C(=O)C2N=CN(CC(=O)Nc3ccc(N4CCOCC4)cc3)C2N(C)C1=O. The maximum atomic E-state index is 12.5. The number of rotatable bonds is 4. The molecule has 0 aromatic heterocycles. The summed E-state index contributed by atoms with van der Waals surface area (Å²) in [7, 11) is 3.04. The van der Waals surface area contributed by atoms with Crippen LogP contribution in [0.3, 0.4) is 0 Å². The number of carbonyl (C=O) groups excluding carboxylic acids is 3. The number of urea groups is 1. The number of aliphatic imine (C=N–C) groups is 1. The number of nitrogens with zero attached hydrogens (tertiary/aromatic N) is 5. The maximum absolute atomic E-state index is 12.5. The molecule has 10 nitrogen and oxygen atoms in total. The zero-order valence-electron chi connectivity index (χ0n) is 16.4. The van der Waals surface area contributed by atoms with E-state index in [0.29, 0.717) is 18.9 Å². The molecule has 0 aliphatic carbocycles. The number of likely N-dealkylation sites (N-methyl/N-ethyl adjacent to an activating group) is 2. The number of ether oxygens (including phenoxy) is 1. The molecule has 2 saturated heterocycles. The molecule has 4 amide bonds. The lowest BCUT2D eigenvalue weighted by Gasteiger charge is -2.40. The monoisotopic (exact) mass is 400 g/mol. The lowest BCUT2D eigenvalue weighted by molar-refractivity contribution is -0.134. The minimum absolute atomic E-state index is 0.00943. The molecule has 2 fully saturated rings. The molecule has 0 radical (unpaired) electrons. The van der Waals surface area contributed by atoms with Gasteiger partial charge in [-0.2, -0.15) is 0 Å². The summed E-state index contributed by atoms with van der Waals surface area (Å²) in [6.45, 7) is 3.12. The normalized spacial score (nSPS) is 24.2. The first-order chi connectivity index (χ1) is 14.0. The minimum atomic E-state index is -0.705. The van der Waals surface area contributed by atoms with Crippen LogP contribution in [0.1, 0.15) is 0 Å². The quantitative estimate of drug-likeness (QED) is 0.766. The number of nitrogens with one attached hydrogen (secondary N) is 1. The molecule has 4 rings (SSSR count). The van der Waals surface area contributed by atoms with Crippen molar-refractivity contribution in [2.24, 2.45) is 4.99 Å². The van der Waals surface area contributed by atoms with Crippen LogP contribution in [0.5, 0.6) is 0 Å². The summed E-state index contributed by atoms with van der Waals surface area (Å²) in [5, 5.41) is 2.86. The van der Waals surface area contributed by atoms with E-state index in [4.69, 9.17) is 4.74 Å². The molecule has 2 atom stereocenters. The number of morpholine rings is 1. The Morgan fingerprint density at radius 1 is 1.17 bits per heavy atom. The van der Waals surface area contributed by atoms with Crippen molar-refractivity contribution in [3.05, 3.63) is 24.3 Å². The van der Waals surface area contributed by atoms with E-state index in [1.54, 1.807) is 11.9 Å². The largest absolute Gasteiger partial charge is 0.378 e. The average molecular weight is 400 g/mol. The van der Waals surface area contributed by atoms with Gasteiger partial charge in [0.2, 0.25) is 5.91 Å². The van der Waals surface area contributed by atoms with E-state index in [0.717, 1.165) is 23.7 Å². The van der Waals surface area contributed by atoms with Crippen LogP contribution in [0, 0.1) is 0 Å². The van der Waals surface area contributed by atoms with Gasteiger partial charge in [-0.3, -0.25) is 19.5 Å². The van der Waals surface area contributed by atoms with Gasteiger partial charge in [0.25, 0.3) is 5.91 Å². The Kier molecular flexibility index (Phi) is 5.10. The predicted molar refractivity (Wildman–Crippen MR) is 107 cm³/mol. The number of hydrogen-bond donors (Lipinski definition) is 1. The van der Waals surface area contributed by atoms with Gasteiger partial charge in [-0.15, -0.1) is 0 Å². The Balaban J connectivity index is 1.37. The Morgan fingerprint density at radius 2 is 1.86 bits per heavy atom. The van der Waals surface area contributed by atoms with E-state index in [-0.39, 0.29) is 18.4 Å². The molecule has 2 unspecified atom stereocenters. The second-order valence-corrected chi connectivity index (χ2v) is 7.28. The third-order valence-electron chi connectivity index (χ3n) is 5.42. The zero-order chi connectivity index (χ0) is 20.5. The molecular formula is C19H24N6O4. The number of carbonyl (C=O) groups is 3. The highest BCUT2D eigenvalue weighted by Crippen LogP contribution is 2.24. The third kappa shape index (κ3) is 3.63. The number of imide groups is 1. The van der Waals surface area contributed by atoms with Crippen molar-refractivity contribution in [1.82, 2.24) is 14.7 Å². The molecule has 29 heavy (non-hydrogen) atoms. The molecule has 1 aromatic rings. The Hall–Kier alpha value is -3.14. The number of hydrogen-bond acceptors (Lipinski definition) is 7. The van der Waals surface area contributed by atoms with Crippen LogP contribution >= 0.6 is 0 Å². The van der Waals surface area contributed by atoms with Crippen LogP contribution in [0.25, 0.3) is 0 Å². The molecule has 0 saturated carbocycles. The van der Waals surface area contributed by atoms with Gasteiger partial charge in [0, 0.05) is 38.6 Å². The first-order valence-corrected chi connectivity index (χ1v) is 9.52. The molecule has 10 heteroatoms. The zero-order valence-corrected chi connectivity index (χ0v) is 16.4. The first kappa shape index (κ1) is 19.2. The van der Waals surface area contributed by atoms with Crippen molar-refractivity contribution in [2.45, 2.75) is 12.2 Å². The molecule has 154 valence electrons. The van der Waals surface area contributed by atoms with E-state index in [1.165, 1.54) is 18.3 Å². The summed E-state index contributed by atoms with van der Waals surface area (Å²) in [5.41, 5.74) is 1.77. The molecule has 0 spiro atoms. The smallest absolute Gasteiger partial charge is 0.327 e. The van der Waals surface area contributed by atoms with Crippen LogP contribution in [-0.4, -0.2) is 98.0 Å². The third-order valence-corrected chi connectivity index (χ3v) is 5.42. The highest BCUT2D eigenvalue weighted by molar-refractivity contribution is 6.02. The maximum Gasteiger partial charge on any atom is 0.327 e. The standard InChI is InChI=1S/C19H24N6O4/c1-22-17-16(18(27)23(2)19(22)28)20-12-25(17)11-15(26)21-13-3-5-14(6-4-13)24-7-9-29-10-8-24/h3-6,12,16-17H,7-11H2,1-2H3,(H,21,26). The van der Waals surface area contributed by atoms with Crippen LogP contribution in [0.4, 0.5) is 16.2 Å². The fourth-order valence-corrected chi connectivity index (χ4v) is 3.83. The number of benzene rings is 1. The van der Waals surface area contributed by atoms with E-state index in [9.17, 15) is 14.4 Å². The van der Waals surface area contributed by atoms with Gasteiger partial charge < -0.3 is 24.8 Å². The fraction of sp³-hybridized carbons (Fsp3) is 0.474. The van der Waals surface area contributed by atoms with Crippen molar-refractivity contribution in [3.63, 3.8) is 0 Å². The molecule has 0 bridgehead atoms. The Morgan fingerprint density at radius 3 is 2.55 bits per heavy atom. The van der Waals surface area contributed by atoms with E-state index in [2.05, 4.69) is 15.2 Å².